The first-order chi connectivity index (χ1) is 6.07. The molecule has 0 aliphatic heterocycles. The minimum Gasteiger partial charge on any atom is -0.469 e. The molecule has 0 heterocycles. The number of ether oxygens (including phenoxy) is 1. The highest BCUT2D eigenvalue weighted by molar-refractivity contribution is 6.41. The minimum absolute atomic E-state index is 0.245. The maximum Gasteiger partial charge on any atom is 0.302 e. The van der Waals surface area contributed by atoms with Crippen LogP contribution in [0.3, 0.4) is 0 Å². The molecule has 0 N–H and O–H groups in total. The molecular weight excluding hydrogens is 211 g/mol. The molecule has 0 fully saturated rings. The van der Waals surface area contributed by atoms with Crippen LogP contribution in [0.4, 0.5) is 0 Å². The van der Waals surface area contributed by atoms with Crippen LogP contribution in [-0.4, -0.2) is 13.1 Å². The van der Waals surface area contributed by atoms with E-state index in [2.05, 4.69) is 4.74 Å². The first kappa shape index (κ1) is 12.3. The van der Waals surface area contributed by atoms with Crippen LogP contribution in [0.1, 0.15) is 6.92 Å². The zero-order valence-corrected chi connectivity index (χ0v) is 8.89. The Morgan fingerprint density at radius 3 is 1.69 bits per heavy atom. The average molecular weight is 221 g/mol. The van der Waals surface area contributed by atoms with E-state index in [9.17, 15) is 4.79 Å². The van der Waals surface area contributed by atoms with Gasteiger partial charge in [0.15, 0.2) is 0 Å². The van der Waals surface area contributed by atoms with Gasteiger partial charge in [0.1, 0.15) is 0 Å². The molecule has 0 atom stereocenters. The molecular formula is C9H10Cl2O2. The van der Waals surface area contributed by atoms with Gasteiger partial charge in [-0.3, -0.25) is 4.79 Å². The molecule has 0 saturated heterocycles. The molecule has 0 bridgehead atoms. The van der Waals surface area contributed by atoms with Crippen LogP contribution in [-0.2, 0) is 9.53 Å². The first-order valence-electron chi connectivity index (χ1n) is 3.52. The van der Waals surface area contributed by atoms with Crippen LogP contribution < -0.4 is 0 Å². The minimum atomic E-state index is -0.245. The Kier molecular flexibility index (Phi) is 6.37. The third-order valence-corrected chi connectivity index (χ3v) is 1.87. The quantitative estimate of drug-likeness (QED) is 0.629. The predicted octanol–water partition coefficient (Wildman–Crippen LogP) is 3.17. The molecule has 1 rings (SSSR count). The van der Waals surface area contributed by atoms with Crippen molar-refractivity contribution in [2.75, 3.05) is 7.11 Å². The fraction of sp³-hybridized carbons (Fsp3) is 0.222. The number of carbonyl (C=O) groups is 1. The second-order valence-electron chi connectivity index (χ2n) is 2.11. The van der Waals surface area contributed by atoms with Crippen molar-refractivity contribution < 1.29 is 9.53 Å². The average Bonchev–Trinajstić information content (AvgIpc) is 2.11. The van der Waals surface area contributed by atoms with E-state index in [0.29, 0.717) is 10.0 Å². The lowest BCUT2D eigenvalue weighted by Gasteiger charge is -1.88. The van der Waals surface area contributed by atoms with Crippen molar-refractivity contribution in [3.8, 4) is 0 Å². The number of carbonyl (C=O) groups excluding carboxylic acids is 1. The largest absolute Gasteiger partial charge is 0.469 e. The van der Waals surface area contributed by atoms with Gasteiger partial charge in [0.05, 0.1) is 17.2 Å². The number of rotatable bonds is 0. The molecule has 0 aromatic heterocycles. The van der Waals surface area contributed by atoms with Crippen LogP contribution in [0.5, 0.6) is 0 Å². The molecule has 0 aliphatic rings. The highest BCUT2D eigenvalue weighted by Gasteiger charge is 1.89. The Hall–Kier alpha value is -0.730. The van der Waals surface area contributed by atoms with Crippen molar-refractivity contribution in [1.82, 2.24) is 0 Å². The summed E-state index contributed by atoms with van der Waals surface area (Å²) in [6.45, 7) is 1.36. The van der Waals surface area contributed by atoms with E-state index in [1.54, 1.807) is 12.1 Å². The SMILES string of the molecule is COC(C)=O.Clc1ccccc1Cl. The summed E-state index contributed by atoms with van der Waals surface area (Å²) in [6, 6.07) is 7.19. The first-order valence-corrected chi connectivity index (χ1v) is 4.28. The summed E-state index contributed by atoms with van der Waals surface area (Å²) >= 11 is 11.2. The number of methoxy groups -OCH3 is 1. The molecule has 72 valence electrons. The van der Waals surface area contributed by atoms with Crippen molar-refractivity contribution in [1.29, 1.82) is 0 Å². The van der Waals surface area contributed by atoms with Crippen LogP contribution in [0.25, 0.3) is 0 Å². The summed E-state index contributed by atoms with van der Waals surface area (Å²) in [5.41, 5.74) is 0. The van der Waals surface area contributed by atoms with Crippen molar-refractivity contribution in [2.24, 2.45) is 0 Å². The van der Waals surface area contributed by atoms with Gasteiger partial charge in [0, 0.05) is 6.92 Å². The molecule has 1 aromatic carbocycles. The van der Waals surface area contributed by atoms with E-state index in [4.69, 9.17) is 23.2 Å². The monoisotopic (exact) mass is 220 g/mol. The molecule has 1 aromatic rings. The van der Waals surface area contributed by atoms with E-state index < -0.39 is 0 Å². The summed E-state index contributed by atoms with van der Waals surface area (Å²) in [7, 11) is 1.35. The normalized spacial score (nSPS) is 8.31. The molecule has 0 radical (unpaired) electrons. The maximum absolute atomic E-state index is 9.59. The Morgan fingerprint density at radius 2 is 1.54 bits per heavy atom. The van der Waals surface area contributed by atoms with Crippen molar-refractivity contribution >= 4 is 29.2 Å². The molecule has 2 nitrogen and oxygen atoms in total. The number of esters is 1. The van der Waals surface area contributed by atoms with E-state index in [-0.39, 0.29) is 5.97 Å². The van der Waals surface area contributed by atoms with Crippen molar-refractivity contribution in [3.05, 3.63) is 34.3 Å². The third kappa shape index (κ3) is 6.43. The summed E-state index contributed by atoms with van der Waals surface area (Å²) in [6.07, 6.45) is 0. The summed E-state index contributed by atoms with van der Waals surface area (Å²) in [4.78, 5) is 9.59. The number of benzene rings is 1. The Bertz CT molecular complexity index is 253. The van der Waals surface area contributed by atoms with E-state index in [1.807, 2.05) is 12.1 Å². The fourth-order valence-electron chi connectivity index (χ4n) is 0.439. The molecule has 13 heavy (non-hydrogen) atoms. The zero-order valence-electron chi connectivity index (χ0n) is 7.38. The van der Waals surface area contributed by atoms with Gasteiger partial charge in [0.25, 0.3) is 0 Å². The van der Waals surface area contributed by atoms with Crippen LogP contribution in [0, 0.1) is 0 Å². The highest BCUT2D eigenvalue weighted by atomic mass is 35.5. The zero-order chi connectivity index (χ0) is 10.3. The molecule has 0 amide bonds. The lowest BCUT2D eigenvalue weighted by atomic mass is 10.4. The summed E-state index contributed by atoms with van der Waals surface area (Å²) < 4.78 is 4.11. The molecule has 4 heteroatoms. The fourth-order valence-corrected chi connectivity index (χ4v) is 0.711. The van der Waals surface area contributed by atoms with Crippen LogP contribution >= 0.6 is 23.2 Å². The van der Waals surface area contributed by atoms with Gasteiger partial charge < -0.3 is 4.74 Å². The third-order valence-electron chi connectivity index (χ3n) is 1.11. The van der Waals surface area contributed by atoms with Gasteiger partial charge in [-0.2, -0.15) is 0 Å². The Morgan fingerprint density at radius 1 is 1.23 bits per heavy atom. The summed E-state index contributed by atoms with van der Waals surface area (Å²) in [5.74, 6) is -0.245. The number of hydrogen-bond acceptors (Lipinski definition) is 2. The van der Waals surface area contributed by atoms with Gasteiger partial charge in [-0.25, -0.2) is 0 Å². The lowest BCUT2D eigenvalue weighted by Crippen LogP contribution is -1.88. The highest BCUT2D eigenvalue weighted by Crippen LogP contribution is 2.19. The van der Waals surface area contributed by atoms with Gasteiger partial charge in [-0.15, -0.1) is 0 Å². The van der Waals surface area contributed by atoms with Gasteiger partial charge >= 0.3 is 5.97 Å². The number of hydrogen-bond donors (Lipinski definition) is 0. The predicted molar refractivity (Wildman–Crippen MR) is 54.2 cm³/mol. The van der Waals surface area contributed by atoms with Gasteiger partial charge in [-0.05, 0) is 12.1 Å². The topological polar surface area (TPSA) is 26.3 Å². The molecule has 0 spiro atoms. The van der Waals surface area contributed by atoms with Gasteiger partial charge in [0.2, 0.25) is 0 Å². The van der Waals surface area contributed by atoms with Crippen molar-refractivity contribution in [3.63, 3.8) is 0 Å². The smallest absolute Gasteiger partial charge is 0.302 e. The van der Waals surface area contributed by atoms with E-state index >= 15 is 0 Å². The van der Waals surface area contributed by atoms with Gasteiger partial charge in [-0.1, -0.05) is 35.3 Å². The van der Waals surface area contributed by atoms with Crippen LogP contribution in [0.2, 0.25) is 10.0 Å². The number of halogens is 2. The van der Waals surface area contributed by atoms with Crippen LogP contribution in [0.15, 0.2) is 24.3 Å². The second-order valence-corrected chi connectivity index (χ2v) is 2.92. The maximum atomic E-state index is 9.59. The van der Waals surface area contributed by atoms with E-state index in [1.165, 1.54) is 14.0 Å². The Labute approximate surface area is 87.4 Å². The standard InChI is InChI=1S/C6H4Cl2.C3H6O2/c7-5-3-1-2-4-6(5)8;1-3(4)5-2/h1-4H;1-2H3. The van der Waals surface area contributed by atoms with Crippen molar-refractivity contribution in [2.45, 2.75) is 6.92 Å². The second kappa shape index (κ2) is 6.75. The molecule has 0 saturated carbocycles. The van der Waals surface area contributed by atoms with E-state index in [0.717, 1.165) is 0 Å². The summed E-state index contributed by atoms with van der Waals surface area (Å²) in [5, 5.41) is 1.21. The molecule has 0 aliphatic carbocycles. The Balaban J connectivity index is 0.000000252. The lowest BCUT2D eigenvalue weighted by molar-refractivity contribution is -0.137. The molecule has 0 unspecified atom stereocenters.